The molecule has 0 unspecified atom stereocenters. The Kier molecular flexibility index (Phi) is 9.86. The van der Waals surface area contributed by atoms with E-state index in [-0.39, 0.29) is 23.1 Å². The highest BCUT2D eigenvalue weighted by atomic mass is 32.1. The van der Waals surface area contributed by atoms with Crippen LogP contribution in [0.2, 0.25) is 0 Å². The largest absolute Gasteiger partial charge is 0.376 e. The van der Waals surface area contributed by atoms with Crippen molar-refractivity contribution < 1.29 is 0 Å². The van der Waals surface area contributed by atoms with Gasteiger partial charge in [0.25, 0.3) is 0 Å². The Morgan fingerprint density at radius 3 is 1.83 bits per heavy atom. The van der Waals surface area contributed by atoms with Crippen LogP contribution in [0.5, 0.6) is 0 Å². The number of aryl methyl sites for hydroxylation is 1. The van der Waals surface area contributed by atoms with E-state index < -0.39 is 5.41 Å². The number of para-hydroxylation sites is 2. The number of thiophene rings is 1. The van der Waals surface area contributed by atoms with E-state index in [1.807, 2.05) is 11.3 Å². The van der Waals surface area contributed by atoms with Gasteiger partial charge in [-0.2, -0.15) is 0 Å². The average molecular weight is 999 g/mol. The van der Waals surface area contributed by atoms with Crippen molar-refractivity contribution in [2.24, 2.45) is 0 Å². The molecule has 2 aliphatic carbocycles. The molecule has 1 aromatic heterocycles. The zero-order valence-electron chi connectivity index (χ0n) is 44.9. The van der Waals surface area contributed by atoms with Crippen molar-refractivity contribution in [3.05, 3.63) is 244 Å². The zero-order valence-corrected chi connectivity index (χ0v) is 45.7. The van der Waals surface area contributed by atoms with Gasteiger partial charge in [-0.25, -0.2) is 0 Å². The molecular weight excluding hydrogens is 936 g/mol. The number of benzene rings is 9. The fraction of sp³-hybridized carbons (Fsp3) is 0.222. The summed E-state index contributed by atoms with van der Waals surface area (Å²) < 4.78 is 1.38. The Hall–Kier alpha value is -7.40. The fourth-order valence-electron chi connectivity index (χ4n) is 15.2. The quantitative estimate of drug-likeness (QED) is 0.147. The van der Waals surface area contributed by atoms with Gasteiger partial charge in [0.15, 0.2) is 0 Å². The number of nitrogens with zero attached hydrogens (tertiary/aromatic N) is 2. The van der Waals surface area contributed by atoms with Crippen molar-refractivity contribution >= 4 is 66.9 Å². The Balaban J connectivity index is 1.15. The van der Waals surface area contributed by atoms with Crippen molar-refractivity contribution in [2.45, 2.75) is 102 Å². The van der Waals surface area contributed by atoms with E-state index >= 15 is 0 Å². The molecule has 3 aliphatic heterocycles. The fourth-order valence-corrected chi connectivity index (χ4v) is 16.5. The molecule has 0 fully saturated rings. The molecule has 5 aliphatic rings. The van der Waals surface area contributed by atoms with E-state index in [1.54, 1.807) is 0 Å². The summed E-state index contributed by atoms with van der Waals surface area (Å²) in [6.45, 7) is 17.1. The number of unbranched alkanes of at least 4 members (excludes halogenated alkanes) is 1. The molecule has 15 rings (SSSR count). The second kappa shape index (κ2) is 16.3. The molecular formula is C72H63BN2S. The molecule has 370 valence electrons. The summed E-state index contributed by atoms with van der Waals surface area (Å²) >= 11 is 2.02. The molecule has 0 radical (unpaired) electrons. The Labute approximate surface area is 453 Å². The average Bonchev–Trinajstić information content (AvgIpc) is 4.10. The lowest BCUT2D eigenvalue weighted by Crippen LogP contribution is -2.63. The highest BCUT2D eigenvalue weighted by Gasteiger charge is 2.56. The van der Waals surface area contributed by atoms with Gasteiger partial charge >= 0.3 is 6.85 Å². The lowest BCUT2D eigenvalue weighted by molar-refractivity contribution is 0.332. The molecule has 0 N–H and O–H groups in total. The van der Waals surface area contributed by atoms with E-state index in [2.05, 4.69) is 252 Å². The number of rotatable bonds is 7. The summed E-state index contributed by atoms with van der Waals surface area (Å²) in [7, 11) is 0. The normalized spacial score (nSPS) is 17.0. The summed E-state index contributed by atoms with van der Waals surface area (Å²) in [5.41, 5.74) is 27.5. The molecule has 0 saturated heterocycles. The van der Waals surface area contributed by atoms with Crippen molar-refractivity contribution in [2.75, 3.05) is 9.71 Å². The van der Waals surface area contributed by atoms with E-state index in [0.717, 1.165) is 12.8 Å². The van der Waals surface area contributed by atoms with Gasteiger partial charge in [0.1, 0.15) is 0 Å². The summed E-state index contributed by atoms with van der Waals surface area (Å²) in [5.74, 6) is 0. The minimum Gasteiger partial charge on any atom is -0.376 e. The first-order valence-corrected chi connectivity index (χ1v) is 28.8. The van der Waals surface area contributed by atoms with Crippen LogP contribution in [0.1, 0.15) is 124 Å². The lowest BCUT2D eigenvalue weighted by atomic mass is 9.41. The summed E-state index contributed by atoms with van der Waals surface area (Å²) in [4.78, 5) is 5.61. The number of anilines is 5. The molecule has 0 spiro atoms. The van der Waals surface area contributed by atoms with Gasteiger partial charge in [0.2, 0.25) is 0 Å². The molecule has 0 atom stereocenters. The topological polar surface area (TPSA) is 6.48 Å². The van der Waals surface area contributed by atoms with Gasteiger partial charge in [-0.3, -0.25) is 0 Å². The summed E-state index contributed by atoms with van der Waals surface area (Å²) in [6.07, 6.45) is 5.73. The number of fused-ring (bicyclic) bond motifs is 13. The van der Waals surface area contributed by atoms with Crippen LogP contribution in [-0.4, -0.2) is 6.85 Å². The predicted octanol–water partition coefficient (Wildman–Crippen LogP) is 18.0. The molecule has 0 bridgehead atoms. The van der Waals surface area contributed by atoms with Gasteiger partial charge in [-0.05, 0) is 162 Å². The molecule has 4 heteroatoms. The Morgan fingerprint density at radius 2 is 1.12 bits per heavy atom. The SMILES string of the molecule is CCCCc1ccc(N2c3cc4c(c5c3B(c3c2sc2cc6c(cc32)C(C)(C)CCC6(C)C)N2c3ccccc3C(c3ccccc3)(c3ccccc3)c3cccc-5c32)C(C)(C)c2ccccc2-4)c(-c2ccccc2)c1. The van der Waals surface area contributed by atoms with Crippen LogP contribution >= 0.6 is 11.3 Å². The minimum atomic E-state index is -0.600. The lowest BCUT2D eigenvalue weighted by Gasteiger charge is -2.53. The first kappa shape index (κ1) is 46.0. The van der Waals surface area contributed by atoms with Crippen molar-refractivity contribution in [1.82, 2.24) is 0 Å². The minimum absolute atomic E-state index is 0.0335. The maximum absolute atomic E-state index is 2.85. The number of hydrogen-bond acceptors (Lipinski definition) is 3. The molecule has 10 aromatic rings. The first-order chi connectivity index (χ1) is 36.9. The van der Waals surface area contributed by atoms with Gasteiger partial charge in [-0.1, -0.05) is 213 Å². The smallest absolute Gasteiger partial charge is 0.334 e. The van der Waals surface area contributed by atoms with Crippen LogP contribution in [0, 0.1) is 0 Å². The third-order valence-corrected chi connectivity index (χ3v) is 20.1. The predicted molar refractivity (Wildman–Crippen MR) is 324 cm³/mol. The van der Waals surface area contributed by atoms with Crippen LogP contribution < -0.4 is 20.6 Å². The zero-order chi connectivity index (χ0) is 51.5. The van der Waals surface area contributed by atoms with Crippen LogP contribution in [-0.2, 0) is 28.1 Å². The van der Waals surface area contributed by atoms with Crippen LogP contribution in [0.15, 0.2) is 194 Å². The standard InChI is InChI=1S/C72H63BN2S/c1-8-9-24-45-37-38-59(51(41-45)46-25-13-10-14-26-46)74-61-43-52-49-31-19-20-33-54(49)71(6,7)64(52)63-50-32-23-35-56-67(50)75(60-36-22-21-34-55(60)72(56,47-27-15-11-16-28-47)48-29-17-12-18-30-48)73(66(61)63)65-53-42-57-58(44-62(53)76-68(65)74)70(4,5)40-39-69(57,2)3/h10-23,25-38,41-44H,8-9,24,39-40H2,1-7H3. The van der Waals surface area contributed by atoms with Gasteiger partial charge in [0, 0.05) is 38.3 Å². The summed E-state index contributed by atoms with van der Waals surface area (Å²) in [5, 5.41) is 2.71. The Bertz CT molecular complexity index is 3990. The second-order valence-electron chi connectivity index (χ2n) is 24.4. The van der Waals surface area contributed by atoms with Crippen molar-refractivity contribution in [1.29, 1.82) is 0 Å². The number of hydrogen-bond donors (Lipinski definition) is 0. The van der Waals surface area contributed by atoms with Crippen LogP contribution in [0.25, 0.3) is 43.5 Å². The Morgan fingerprint density at radius 1 is 0.500 bits per heavy atom. The highest BCUT2D eigenvalue weighted by molar-refractivity contribution is 7.26. The summed E-state index contributed by atoms with van der Waals surface area (Å²) in [6, 6.07) is 75.6. The third kappa shape index (κ3) is 6.11. The van der Waals surface area contributed by atoms with Crippen molar-refractivity contribution in [3.63, 3.8) is 0 Å². The van der Waals surface area contributed by atoms with Gasteiger partial charge < -0.3 is 9.71 Å². The highest BCUT2D eigenvalue weighted by Crippen LogP contribution is 2.64. The second-order valence-corrected chi connectivity index (χ2v) is 25.4. The molecule has 2 nitrogen and oxygen atoms in total. The molecule has 9 aromatic carbocycles. The van der Waals surface area contributed by atoms with Gasteiger partial charge in [-0.15, -0.1) is 11.3 Å². The van der Waals surface area contributed by atoms with Crippen molar-refractivity contribution in [3.8, 4) is 33.4 Å². The molecule has 76 heavy (non-hydrogen) atoms. The van der Waals surface area contributed by atoms with E-state index in [0.29, 0.717) is 0 Å². The molecule has 4 heterocycles. The molecule has 0 saturated carbocycles. The molecule has 0 amide bonds. The monoisotopic (exact) mass is 998 g/mol. The first-order valence-electron chi connectivity index (χ1n) is 28.0. The third-order valence-electron chi connectivity index (χ3n) is 18.9. The van der Waals surface area contributed by atoms with Gasteiger partial charge in [0.05, 0.1) is 16.1 Å². The maximum Gasteiger partial charge on any atom is 0.334 e. The van der Waals surface area contributed by atoms with Crippen LogP contribution in [0.3, 0.4) is 0 Å². The van der Waals surface area contributed by atoms with E-state index in [1.165, 1.54) is 151 Å². The maximum atomic E-state index is 2.85. The van der Waals surface area contributed by atoms with E-state index in [4.69, 9.17) is 0 Å². The van der Waals surface area contributed by atoms with E-state index in [9.17, 15) is 0 Å². The van der Waals surface area contributed by atoms with Crippen LogP contribution in [0.4, 0.5) is 27.8 Å².